The Balaban J connectivity index is 2.01. The number of allylic oxidation sites excluding steroid dienone is 2. The third kappa shape index (κ3) is 2.46. The van der Waals surface area contributed by atoms with Crippen molar-refractivity contribution in [3.05, 3.63) is 11.6 Å². The van der Waals surface area contributed by atoms with Crippen molar-refractivity contribution in [3.8, 4) is 0 Å². The quantitative estimate of drug-likeness (QED) is 0.580. The zero-order chi connectivity index (χ0) is 9.80. The Hall–Kier alpha value is -0.590. The van der Waals surface area contributed by atoms with Gasteiger partial charge in [0.2, 0.25) is 0 Å². The third-order valence-electron chi connectivity index (χ3n) is 3.61. The lowest BCUT2D eigenvalue weighted by Gasteiger charge is -2.21. The summed E-state index contributed by atoms with van der Waals surface area (Å²) in [6.45, 7) is 0. The van der Waals surface area contributed by atoms with Crippen LogP contribution >= 0.6 is 0 Å². The predicted molar refractivity (Wildman–Crippen MR) is 58.1 cm³/mol. The zero-order valence-electron chi connectivity index (χ0n) is 8.93. The molecule has 2 aliphatic rings. The molecule has 1 fully saturated rings. The van der Waals surface area contributed by atoms with E-state index in [1.165, 1.54) is 50.5 Å². The highest BCUT2D eigenvalue weighted by atomic mass is 16.1. The van der Waals surface area contributed by atoms with E-state index in [0.29, 0.717) is 5.78 Å². The highest BCUT2D eigenvalue weighted by Crippen LogP contribution is 2.32. The molecule has 0 bridgehead atoms. The van der Waals surface area contributed by atoms with Gasteiger partial charge in [0, 0.05) is 6.42 Å². The van der Waals surface area contributed by atoms with Gasteiger partial charge in [-0.1, -0.05) is 31.3 Å². The maximum absolute atomic E-state index is 11.3. The summed E-state index contributed by atoms with van der Waals surface area (Å²) in [6.07, 6.45) is 13.2. The van der Waals surface area contributed by atoms with Crippen molar-refractivity contribution >= 4 is 5.78 Å². The number of rotatable bonds is 1. The van der Waals surface area contributed by atoms with Crippen LogP contribution in [0.1, 0.15) is 57.8 Å². The lowest BCUT2D eigenvalue weighted by molar-refractivity contribution is -0.115. The summed E-state index contributed by atoms with van der Waals surface area (Å²) in [4.78, 5) is 11.3. The average Bonchev–Trinajstić information content (AvgIpc) is 2.45. The Bertz CT molecular complexity index is 232. The Morgan fingerprint density at radius 2 is 1.64 bits per heavy atom. The topological polar surface area (TPSA) is 17.1 Å². The Morgan fingerprint density at radius 1 is 0.929 bits per heavy atom. The number of hydrogen-bond donors (Lipinski definition) is 0. The molecular formula is C13H20O. The van der Waals surface area contributed by atoms with Crippen LogP contribution in [0.15, 0.2) is 11.6 Å². The van der Waals surface area contributed by atoms with E-state index in [2.05, 4.69) is 0 Å². The molecule has 0 radical (unpaired) electrons. The molecule has 0 N–H and O–H groups in total. The van der Waals surface area contributed by atoms with Gasteiger partial charge in [0.25, 0.3) is 0 Å². The molecule has 0 atom stereocenters. The second-order valence-electron chi connectivity index (χ2n) is 4.73. The molecule has 0 aliphatic heterocycles. The van der Waals surface area contributed by atoms with Gasteiger partial charge in [-0.15, -0.1) is 0 Å². The minimum Gasteiger partial charge on any atom is -0.295 e. The smallest absolute Gasteiger partial charge is 0.155 e. The van der Waals surface area contributed by atoms with E-state index >= 15 is 0 Å². The molecule has 78 valence electrons. The SMILES string of the molecule is O=C1C=C(C2CCCCCC2)CCC1. The van der Waals surface area contributed by atoms with Crippen LogP contribution in [-0.4, -0.2) is 5.78 Å². The molecule has 1 nitrogen and oxygen atoms in total. The molecule has 1 saturated carbocycles. The molecule has 0 amide bonds. The van der Waals surface area contributed by atoms with Crippen LogP contribution in [0.5, 0.6) is 0 Å². The normalized spacial score (nSPS) is 25.7. The predicted octanol–water partition coefficient (Wildman–Crippen LogP) is 3.64. The minimum absolute atomic E-state index is 0.371. The number of carbonyl (C=O) groups excluding carboxylic acids is 1. The van der Waals surface area contributed by atoms with Crippen LogP contribution in [0.2, 0.25) is 0 Å². The zero-order valence-corrected chi connectivity index (χ0v) is 8.93. The van der Waals surface area contributed by atoms with E-state index in [9.17, 15) is 4.79 Å². The van der Waals surface area contributed by atoms with E-state index in [4.69, 9.17) is 0 Å². The molecule has 14 heavy (non-hydrogen) atoms. The van der Waals surface area contributed by atoms with E-state index in [-0.39, 0.29) is 0 Å². The maximum atomic E-state index is 11.3. The van der Waals surface area contributed by atoms with Crippen molar-refractivity contribution in [1.82, 2.24) is 0 Å². The highest BCUT2D eigenvalue weighted by molar-refractivity contribution is 5.91. The Morgan fingerprint density at radius 3 is 2.29 bits per heavy atom. The fraction of sp³-hybridized carbons (Fsp3) is 0.769. The number of hydrogen-bond acceptors (Lipinski definition) is 1. The van der Waals surface area contributed by atoms with Crippen LogP contribution in [0.3, 0.4) is 0 Å². The van der Waals surface area contributed by atoms with Crippen LogP contribution in [0.25, 0.3) is 0 Å². The summed E-state index contributed by atoms with van der Waals surface area (Å²) >= 11 is 0. The van der Waals surface area contributed by atoms with Crippen LogP contribution in [-0.2, 0) is 4.79 Å². The first kappa shape index (κ1) is 9.95. The van der Waals surface area contributed by atoms with E-state index in [0.717, 1.165) is 18.8 Å². The molecule has 2 rings (SSSR count). The number of carbonyl (C=O) groups is 1. The summed E-state index contributed by atoms with van der Waals surface area (Å²) < 4.78 is 0. The van der Waals surface area contributed by atoms with Gasteiger partial charge in [-0.2, -0.15) is 0 Å². The third-order valence-corrected chi connectivity index (χ3v) is 3.61. The second-order valence-corrected chi connectivity index (χ2v) is 4.73. The average molecular weight is 192 g/mol. The largest absolute Gasteiger partial charge is 0.295 e. The lowest BCUT2D eigenvalue weighted by Crippen LogP contribution is -2.10. The summed E-state index contributed by atoms with van der Waals surface area (Å²) in [6, 6.07) is 0. The molecule has 2 aliphatic carbocycles. The van der Waals surface area contributed by atoms with Gasteiger partial charge in [0.15, 0.2) is 5.78 Å². The van der Waals surface area contributed by atoms with Crippen molar-refractivity contribution in [3.63, 3.8) is 0 Å². The van der Waals surface area contributed by atoms with Gasteiger partial charge in [0.1, 0.15) is 0 Å². The standard InChI is InChI=1S/C13H20O/c14-13-9-5-8-12(10-13)11-6-3-1-2-4-7-11/h10-11H,1-9H2. The maximum Gasteiger partial charge on any atom is 0.155 e. The molecule has 0 aromatic heterocycles. The highest BCUT2D eigenvalue weighted by Gasteiger charge is 2.19. The van der Waals surface area contributed by atoms with Crippen LogP contribution in [0.4, 0.5) is 0 Å². The fourth-order valence-electron chi connectivity index (χ4n) is 2.79. The first-order chi connectivity index (χ1) is 6.86. The fourth-order valence-corrected chi connectivity index (χ4v) is 2.79. The van der Waals surface area contributed by atoms with Gasteiger partial charge < -0.3 is 0 Å². The van der Waals surface area contributed by atoms with Gasteiger partial charge >= 0.3 is 0 Å². The molecule has 0 aromatic rings. The van der Waals surface area contributed by atoms with Crippen molar-refractivity contribution in [1.29, 1.82) is 0 Å². The van der Waals surface area contributed by atoms with Gasteiger partial charge in [-0.05, 0) is 37.7 Å². The van der Waals surface area contributed by atoms with Crippen LogP contribution < -0.4 is 0 Å². The summed E-state index contributed by atoms with van der Waals surface area (Å²) in [5.74, 6) is 1.12. The summed E-state index contributed by atoms with van der Waals surface area (Å²) in [5, 5.41) is 0. The molecule has 0 heterocycles. The lowest BCUT2D eigenvalue weighted by atomic mass is 9.84. The van der Waals surface area contributed by atoms with Crippen molar-refractivity contribution in [2.45, 2.75) is 57.8 Å². The minimum atomic E-state index is 0.371. The van der Waals surface area contributed by atoms with Crippen molar-refractivity contribution in [2.75, 3.05) is 0 Å². The Labute approximate surface area is 86.6 Å². The molecule has 0 unspecified atom stereocenters. The first-order valence-corrected chi connectivity index (χ1v) is 6.09. The monoisotopic (exact) mass is 192 g/mol. The molecular weight excluding hydrogens is 172 g/mol. The van der Waals surface area contributed by atoms with E-state index < -0.39 is 0 Å². The van der Waals surface area contributed by atoms with Gasteiger partial charge in [-0.3, -0.25) is 4.79 Å². The van der Waals surface area contributed by atoms with Crippen molar-refractivity contribution < 1.29 is 4.79 Å². The van der Waals surface area contributed by atoms with Crippen molar-refractivity contribution in [2.24, 2.45) is 5.92 Å². The Kier molecular flexibility index (Phi) is 3.39. The molecule has 0 aromatic carbocycles. The second kappa shape index (κ2) is 4.77. The van der Waals surface area contributed by atoms with E-state index in [1.807, 2.05) is 6.08 Å². The first-order valence-electron chi connectivity index (χ1n) is 6.09. The summed E-state index contributed by atoms with van der Waals surface area (Å²) in [5.41, 5.74) is 1.48. The van der Waals surface area contributed by atoms with Gasteiger partial charge in [0.05, 0.1) is 0 Å². The van der Waals surface area contributed by atoms with E-state index in [1.54, 1.807) is 0 Å². The van der Waals surface area contributed by atoms with Gasteiger partial charge in [-0.25, -0.2) is 0 Å². The summed E-state index contributed by atoms with van der Waals surface area (Å²) in [7, 11) is 0. The number of ketones is 1. The van der Waals surface area contributed by atoms with Crippen LogP contribution in [0, 0.1) is 5.92 Å². The molecule has 0 saturated heterocycles. The molecule has 1 heteroatoms. The molecule has 0 spiro atoms.